The maximum Gasteiger partial charge on any atom is 0.0184 e. The van der Waals surface area contributed by atoms with Gasteiger partial charge in [0.05, 0.1) is 0 Å². The number of rotatable bonds is 2. The van der Waals surface area contributed by atoms with Crippen LogP contribution in [0.25, 0.3) is 6.08 Å². The van der Waals surface area contributed by atoms with E-state index < -0.39 is 0 Å². The fraction of sp³-hybridized carbons (Fsp3) is 0.200. The fourth-order valence-electron chi connectivity index (χ4n) is 0.832. The van der Waals surface area contributed by atoms with E-state index in [0.29, 0.717) is 0 Å². The third-order valence-corrected chi connectivity index (χ3v) is 1.84. The molecule has 1 aromatic carbocycles. The highest BCUT2D eigenvalue weighted by molar-refractivity contribution is 6.31. The molecule has 0 aromatic heterocycles. The molecule has 58 valence electrons. The van der Waals surface area contributed by atoms with Gasteiger partial charge >= 0.3 is 0 Å². The Hall–Kier alpha value is -0.750. The van der Waals surface area contributed by atoms with Crippen LogP contribution in [0.15, 0.2) is 35.4 Å². The minimum absolute atomic E-state index is 0.899. The lowest BCUT2D eigenvalue weighted by atomic mass is 10.2. The first-order chi connectivity index (χ1) is 5.33. The lowest BCUT2D eigenvalue weighted by Gasteiger charge is -1.93. The standard InChI is InChI=1S/C10H11Cl/c1-2-10(11)8-9-6-4-3-5-7-9/h3-8H,2H2,1H3/b10-8+. The summed E-state index contributed by atoms with van der Waals surface area (Å²) in [5, 5.41) is 0.899. The van der Waals surface area contributed by atoms with Crippen molar-refractivity contribution in [1.82, 2.24) is 0 Å². The molecule has 1 aromatic rings. The predicted octanol–water partition coefficient (Wildman–Crippen LogP) is 3.68. The molecule has 0 atom stereocenters. The van der Waals surface area contributed by atoms with Crippen molar-refractivity contribution in [2.24, 2.45) is 0 Å². The van der Waals surface area contributed by atoms with Gasteiger partial charge in [0.25, 0.3) is 0 Å². The monoisotopic (exact) mass is 166 g/mol. The molecule has 1 rings (SSSR count). The van der Waals surface area contributed by atoms with E-state index in [2.05, 4.69) is 0 Å². The quantitative estimate of drug-likeness (QED) is 0.629. The van der Waals surface area contributed by atoms with E-state index in [9.17, 15) is 0 Å². The van der Waals surface area contributed by atoms with Gasteiger partial charge in [0.1, 0.15) is 0 Å². The van der Waals surface area contributed by atoms with Crippen LogP contribution in [0.4, 0.5) is 0 Å². The maximum absolute atomic E-state index is 5.86. The second kappa shape index (κ2) is 4.20. The predicted molar refractivity (Wildman–Crippen MR) is 50.6 cm³/mol. The number of hydrogen-bond acceptors (Lipinski definition) is 0. The van der Waals surface area contributed by atoms with Gasteiger partial charge in [0, 0.05) is 5.03 Å². The molecule has 0 aliphatic carbocycles. The molecular formula is C10H11Cl. The number of halogens is 1. The van der Waals surface area contributed by atoms with Crippen LogP contribution < -0.4 is 0 Å². The SMILES string of the molecule is CC/C(Cl)=C\c1ccccc1. The van der Waals surface area contributed by atoms with Crippen molar-refractivity contribution in [1.29, 1.82) is 0 Å². The summed E-state index contributed by atoms with van der Waals surface area (Å²) in [7, 11) is 0. The molecule has 0 aliphatic heterocycles. The number of benzene rings is 1. The third kappa shape index (κ3) is 2.77. The normalized spacial score (nSPS) is 11.6. The summed E-state index contributed by atoms with van der Waals surface area (Å²) in [6.07, 6.45) is 2.89. The Morgan fingerprint density at radius 3 is 2.55 bits per heavy atom. The summed E-state index contributed by atoms with van der Waals surface area (Å²) < 4.78 is 0. The van der Waals surface area contributed by atoms with Gasteiger partial charge in [-0.2, -0.15) is 0 Å². The zero-order valence-corrected chi connectivity index (χ0v) is 7.31. The van der Waals surface area contributed by atoms with E-state index in [1.165, 1.54) is 5.56 Å². The van der Waals surface area contributed by atoms with Gasteiger partial charge in [-0.05, 0) is 18.1 Å². The average molecular weight is 167 g/mol. The third-order valence-electron chi connectivity index (χ3n) is 1.46. The van der Waals surface area contributed by atoms with E-state index in [1.54, 1.807) is 0 Å². The Bertz CT molecular complexity index is 236. The second-order valence-corrected chi connectivity index (χ2v) is 2.84. The van der Waals surface area contributed by atoms with Crippen molar-refractivity contribution >= 4 is 17.7 Å². The molecule has 1 heteroatoms. The van der Waals surface area contributed by atoms with Crippen molar-refractivity contribution in [3.8, 4) is 0 Å². The minimum atomic E-state index is 0.899. The minimum Gasteiger partial charge on any atom is -0.0891 e. The zero-order chi connectivity index (χ0) is 8.10. The van der Waals surface area contributed by atoms with E-state index >= 15 is 0 Å². The average Bonchev–Trinajstić information content (AvgIpc) is 2.06. The highest BCUT2D eigenvalue weighted by Gasteiger charge is 1.87. The molecule has 0 saturated carbocycles. The molecule has 0 nitrogen and oxygen atoms in total. The molecule has 0 heterocycles. The lowest BCUT2D eigenvalue weighted by Crippen LogP contribution is -1.71. The van der Waals surface area contributed by atoms with Crippen molar-refractivity contribution < 1.29 is 0 Å². The van der Waals surface area contributed by atoms with Crippen LogP contribution in [0.3, 0.4) is 0 Å². The first-order valence-electron chi connectivity index (χ1n) is 3.74. The van der Waals surface area contributed by atoms with Crippen molar-refractivity contribution in [3.63, 3.8) is 0 Å². The highest BCUT2D eigenvalue weighted by Crippen LogP contribution is 2.12. The smallest absolute Gasteiger partial charge is 0.0184 e. The lowest BCUT2D eigenvalue weighted by molar-refractivity contribution is 1.20. The van der Waals surface area contributed by atoms with Gasteiger partial charge < -0.3 is 0 Å². The van der Waals surface area contributed by atoms with E-state index in [1.807, 2.05) is 43.3 Å². The van der Waals surface area contributed by atoms with Gasteiger partial charge in [0.2, 0.25) is 0 Å². The van der Waals surface area contributed by atoms with Gasteiger partial charge in [-0.1, -0.05) is 48.9 Å². The Kier molecular flexibility index (Phi) is 3.18. The summed E-state index contributed by atoms with van der Waals surface area (Å²) in [6, 6.07) is 10.1. The largest absolute Gasteiger partial charge is 0.0891 e. The molecule has 0 saturated heterocycles. The van der Waals surface area contributed by atoms with E-state index in [0.717, 1.165) is 11.5 Å². The molecular weight excluding hydrogens is 156 g/mol. The number of allylic oxidation sites excluding steroid dienone is 1. The van der Waals surface area contributed by atoms with Crippen molar-refractivity contribution in [2.75, 3.05) is 0 Å². The first kappa shape index (κ1) is 8.35. The summed E-state index contributed by atoms with van der Waals surface area (Å²) in [5.41, 5.74) is 1.17. The van der Waals surface area contributed by atoms with Crippen LogP contribution >= 0.6 is 11.6 Å². The van der Waals surface area contributed by atoms with E-state index in [-0.39, 0.29) is 0 Å². The van der Waals surface area contributed by atoms with Crippen LogP contribution in [0, 0.1) is 0 Å². The molecule has 0 fully saturated rings. The Morgan fingerprint density at radius 1 is 1.36 bits per heavy atom. The summed E-state index contributed by atoms with van der Waals surface area (Å²) in [5.74, 6) is 0. The molecule has 0 amide bonds. The highest BCUT2D eigenvalue weighted by atomic mass is 35.5. The Morgan fingerprint density at radius 2 is 2.00 bits per heavy atom. The second-order valence-electron chi connectivity index (χ2n) is 2.36. The fourth-order valence-corrected chi connectivity index (χ4v) is 0.958. The van der Waals surface area contributed by atoms with Crippen LogP contribution in [0.2, 0.25) is 0 Å². The van der Waals surface area contributed by atoms with Gasteiger partial charge in [-0.25, -0.2) is 0 Å². The molecule has 0 bridgehead atoms. The van der Waals surface area contributed by atoms with Gasteiger partial charge in [0.15, 0.2) is 0 Å². The molecule has 0 unspecified atom stereocenters. The first-order valence-corrected chi connectivity index (χ1v) is 4.12. The van der Waals surface area contributed by atoms with Crippen molar-refractivity contribution in [3.05, 3.63) is 40.9 Å². The van der Waals surface area contributed by atoms with Crippen LogP contribution in [-0.2, 0) is 0 Å². The summed E-state index contributed by atoms with van der Waals surface area (Å²) in [4.78, 5) is 0. The summed E-state index contributed by atoms with van der Waals surface area (Å²) >= 11 is 5.86. The van der Waals surface area contributed by atoms with Gasteiger partial charge in [-0.3, -0.25) is 0 Å². The van der Waals surface area contributed by atoms with Crippen LogP contribution in [0.1, 0.15) is 18.9 Å². The molecule has 0 spiro atoms. The van der Waals surface area contributed by atoms with Crippen LogP contribution in [-0.4, -0.2) is 0 Å². The topological polar surface area (TPSA) is 0 Å². The molecule has 0 aliphatic rings. The molecule has 0 N–H and O–H groups in total. The van der Waals surface area contributed by atoms with Gasteiger partial charge in [-0.15, -0.1) is 0 Å². The molecule has 0 radical (unpaired) electrons. The Labute approximate surface area is 72.5 Å². The Balaban J connectivity index is 2.79. The zero-order valence-electron chi connectivity index (χ0n) is 6.55. The van der Waals surface area contributed by atoms with Crippen LogP contribution in [0.5, 0.6) is 0 Å². The summed E-state index contributed by atoms with van der Waals surface area (Å²) in [6.45, 7) is 2.04. The number of hydrogen-bond donors (Lipinski definition) is 0. The van der Waals surface area contributed by atoms with E-state index in [4.69, 9.17) is 11.6 Å². The van der Waals surface area contributed by atoms with Crippen molar-refractivity contribution in [2.45, 2.75) is 13.3 Å². The molecule has 11 heavy (non-hydrogen) atoms. The maximum atomic E-state index is 5.86.